The van der Waals surface area contributed by atoms with Crippen molar-refractivity contribution in [2.75, 3.05) is 5.32 Å². The van der Waals surface area contributed by atoms with Gasteiger partial charge in [0.1, 0.15) is 0 Å². The molecular formula is C18H18N2O5. The number of carbonyl (C=O) groups is 2. The first-order chi connectivity index (χ1) is 11.8. The lowest BCUT2D eigenvalue weighted by Gasteiger charge is -2.14. The smallest absolute Gasteiger partial charge is 0.339 e. The predicted octanol–water partition coefficient (Wildman–Crippen LogP) is 3.40. The Kier molecular flexibility index (Phi) is 5.49. The molecule has 0 fully saturated rings. The number of carbonyl (C=O) groups excluding carboxylic acids is 2. The molecule has 0 aliphatic carbocycles. The largest absolute Gasteiger partial charge is 0.449 e. The highest BCUT2D eigenvalue weighted by Crippen LogP contribution is 2.22. The van der Waals surface area contributed by atoms with E-state index >= 15 is 0 Å². The number of nitro benzene ring substituents is 1. The number of benzene rings is 2. The van der Waals surface area contributed by atoms with Crippen LogP contribution in [0.4, 0.5) is 11.4 Å². The summed E-state index contributed by atoms with van der Waals surface area (Å²) < 4.78 is 5.14. The maximum Gasteiger partial charge on any atom is 0.339 e. The quantitative estimate of drug-likeness (QED) is 0.510. The van der Waals surface area contributed by atoms with E-state index in [1.807, 2.05) is 13.0 Å². The van der Waals surface area contributed by atoms with Crippen molar-refractivity contribution < 1.29 is 19.2 Å². The third-order valence-electron chi connectivity index (χ3n) is 3.66. The fourth-order valence-electron chi connectivity index (χ4n) is 2.29. The number of nitro groups is 1. The summed E-state index contributed by atoms with van der Waals surface area (Å²) in [7, 11) is 0. The number of rotatable bonds is 5. The van der Waals surface area contributed by atoms with Gasteiger partial charge in [-0.3, -0.25) is 14.9 Å². The van der Waals surface area contributed by atoms with E-state index < -0.39 is 22.9 Å². The third-order valence-corrected chi connectivity index (χ3v) is 3.66. The summed E-state index contributed by atoms with van der Waals surface area (Å²) >= 11 is 0. The summed E-state index contributed by atoms with van der Waals surface area (Å²) in [5.41, 5.74) is 1.66. The SMILES string of the molecule is Cc1cccc(NC(=O)[C@@H](C)OC(=O)c2cccc([N+](=O)[O-])c2C)c1. The zero-order valence-corrected chi connectivity index (χ0v) is 14.1. The molecule has 0 radical (unpaired) electrons. The number of amides is 1. The molecule has 130 valence electrons. The van der Waals surface area contributed by atoms with Gasteiger partial charge in [-0.25, -0.2) is 4.79 Å². The Morgan fingerprint density at radius 1 is 1.16 bits per heavy atom. The van der Waals surface area contributed by atoms with Gasteiger partial charge in [0.05, 0.1) is 10.5 Å². The lowest BCUT2D eigenvalue weighted by Crippen LogP contribution is -2.30. The lowest BCUT2D eigenvalue weighted by atomic mass is 10.1. The molecule has 1 amide bonds. The van der Waals surface area contributed by atoms with Crippen LogP contribution in [0.5, 0.6) is 0 Å². The van der Waals surface area contributed by atoms with Gasteiger partial charge in [0.15, 0.2) is 6.10 Å². The fourth-order valence-corrected chi connectivity index (χ4v) is 2.29. The van der Waals surface area contributed by atoms with E-state index in [9.17, 15) is 19.7 Å². The van der Waals surface area contributed by atoms with E-state index in [1.165, 1.54) is 32.0 Å². The molecule has 2 aromatic rings. The molecule has 1 N–H and O–H groups in total. The van der Waals surface area contributed by atoms with Gasteiger partial charge in [0, 0.05) is 17.3 Å². The molecule has 0 unspecified atom stereocenters. The third kappa shape index (κ3) is 4.41. The summed E-state index contributed by atoms with van der Waals surface area (Å²) in [6.07, 6.45) is -1.05. The summed E-state index contributed by atoms with van der Waals surface area (Å²) in [6, 6.07) is 11.3. The fraction of sp³-hybridized carbons (Fsp3) is 0.222. The molecular weight excluding hydrogens is 324 g/mol. The summed E-state index contributed by atoms with van der Waals surface area (Å²) in [4.78, 5) is 34.8. The number of nitrogens with one attached hydrogen (secondary N) is 1. The second-order valence-electron chi connectivity index (χ2n) is 5.61. The first kappa shape index (κ1) is 18.1. The van der Waals surface area contributed by atoms with Crippen LogP contribution in [0.1, 0.15) is 28.4 Å². The van der Waals surface area contributed by atoms with Crippen LogP contribution >= 0.6 is 0 Å². The molecule has 0 aromatic heterocycles. The standard InChI is InChI=1S/C18H18N2O5/c1-11-6-4-7-14(10-11)19-17(21)13(3)25-18(22)15-8-5-9-16(12(15)2)20(23)24/h4-10,13H,1-3H3,(H,19,21)/t13-/m1/s1. The second kappa shape index (κ2) is 7.57. The van der Waals surface area contributed by atoms with Gasteiger partial charge in [-0.2, -0.15) is 0 Å². The number of aryl methyl sites for hydroxylation is 1. The number of ether oxygens (including phenoxy) is 1. The molecule has 0 saturated heterocycles. The van der Waals surface area contributed by atoms with Crippen molar-refractivity contribution in [1.29, 1.82) is 0 Å². The van der Waals surface area contributed by atoms with Crippen molar-refractivity contribution in [2.24, 2.45) is 0 Å². The van der Waals surface area contributed by atoms with Crippen molar-refractivity contribution in [3.63, 3.8) is 0 Å². The first-order valence-electron chi connectivity index (χ1n) is 7.62. The van der Waals surface area contributed by atoms with Crippen molar-refractivity contribution in [2.45, 2.75) is 26.9 Å². The second-order valence-corrected chi connectivity index (χ2v) is 5.61. The van der Waals surface area contributed by atoms with Gasteiger partial charge < -0.3 is 10.1 Å². The maximum atomic E-state index is 12.2. The molecule has 2 aromatic carbocycles. The summed E-state index contributed by atoms with van der Waals surface area (Å²) in [5.74, 6) is -1.27. The van der Waals surface area contributed by atoms with E-state index in [-0.39, 0.29) is 16.8 Å². The molecule has 0 aliphatic rings. The number of nitrogens with zero attached hydrogens (tertiary/aromatic N) is 1. The molecule has 2 rings (SSSR count). The van der Waals surface area contributed by atoms with Crippen LogP contribution in [0.25, 0.3) is 0 Å². The topological polar surface area (TPSA) is 98.5 Å². The molecule has 7 heteroatoms. The number of esters is 1. The zero-order chi connectivity index (χ0) is 18.6. The molecule has 25 heavy (non-hydrogen) atoms. The van der Waals surface area contributed by atoms with Crippen LogP contribution < -0.4 is 5.32 Å². The van der Waals surface area contributed by atoms with Crippen LogP contribution in [-0.4, -0.2) is 22.9 Å². The summed E-state index contributed by atoms with van der Waals surface area (Å²) in [6.45, 7) is 4.80. The van der Waals surface area contributed by atoms with Gasteiger partial charge in [-0.05, 0) is 44.5 Å². The first-order valence-corrected chi connectivity index (χ1v) is 7.62. The van der Waals surface area contributed by atoms with E-state index in [1.54, 1.807) is 18.2 Å². The van der Waals surface area contributed by atoms with Crippen LogP contribution in [0.15, 0.2) is 42.5 Å². The van der Waals surface area contributed by atoms with Crippen molar-refractivity contribution in [1.82, 2.24) is 0 Å². The Morgan fingerprint density at radius 3 is 2.48 bits per heavy atom. The van der Waals surface area contributed by atoms with Crippen LogP contribution in [0.2, 0.25) is 0 Å². The highest BCUT2D eigenvalue weighted by molar-refractivity contribution is 5.98. The monoisotopic (exact) mass is 342 g/mol. The van der Waals surface area contributed by atoms with Gasteiger partial charge in [-0.1, -0.05) is 18.2 Å². The van der Waals surface area contributed by atoms with Gasteiger partial charge in [0.2, 0.25) is 0 Å². The number of hydrogen-bond acceptors (Lipinski definition) is 5. The Balaban J connectivity index is 2.08. The van der Waals surface area contributed by atoms with Gasteiger partial charge in [0.25, 0.3) is 11.6 Å². The van der Waals surface area contributed by atoms with Crippen LogP contribution in [-0.2, 0) is 9.53 Å². The van der Waals surface area contributed by atoms with Gasteiger partial charge >= 0.3 is 5.97 Å². The lowest BCUT2D eigenvalue weighted by molar-refractivity contribution is -0.385. The predicted molar refractivity (Wildman–Crippen MR) is 92.5 cm³/mol. The normalized spacial score (nSPS) is 11.5. The summed E-state index contributed by atoms with van der Waals surface area (Å²) in [5, 5.41) is 13.6. The Morgan fingerprint density at radius 2 is 1.84 bits per heavy atom. The molecule has 0 saturated carbocycles. The van der Waals surface area contributed by atoms with Crippen LogP contribution in [0, 0.1) is 24.0 Å². The maximum absolute atomic E-state index is 12.2. The average Bonchev–Trinajstić information content (AvgIpc) is 2.54. The Bertz CT molecular complexity index is 832. The minimum atomic E-state index is -1.05. The molecule has 1 atom stereocenters. The zero-order valence-electron chi connectivity index (χ0n) is 14.1. The highest BCUT2D eigenvalue weighted by Gasteiger charge is 2.23. The number of anilines is 1. The highest BCUT2D eigenvalue weighted by atomic mass is 16.6. The Hall–Kier alpha value is -3.22. The average molecular weight is 342 g/mol. The van der Waals surface area contributed by atoms with E-state index in [2.05, 4.69) is 5.32 Å². The van der Waals surface area contributed by atoms with E-state index in [0.717, 1.165) is 5.56 Å². The minimum Gasteiger partial charge on any atom is -0.449 e. The molecule has 0 heterocycles. The molecule has 0 bridgehead atoms. The molecule has 0 aliphatic heterocycles. The molecule has 0 spiro atoms. The van der Waals surface area contributed by atoms with Crippen LogP contribution in [0.3, 0.4) is 0 Å². The van der Waals surface area contributed by atoms with E-state index in [4.69, 9.17) is 4.74 Å². The van der Waals surface area contributed by atoms with Crippen molar-refractivity contribution >= 4 is 23.3 Å². The number of hydrogen-bond donors (Lipinski definition) is 1. The molecule has 7 nitrogen and oxygen atoms in total. The van der Waals surface area contributed by atoms with Crippen molar-refractivity contribution in [3.05, 3.63) is 69.3 Å². The Labute approximate surface area is 144 Å². The minimum absolute atomic E-state index is 0.0596. The van der Waals surface area contributed by atoms with Gasteiger partial charge in [-0.15, -0.1) is 0 Å². The van der Waals surface area contributed by atoms with Crippen molar-refractivity contribution in [3.8, 4) is 0 Å². The van der Waals surface area contributed by atoms with E-state index in [0.29, 0.717) is 5.69 Å².